The highest BCUT2D eigenvalue weighted by molar-refractivity contribution is 6.31. The number of hydrogen-bond donors (Lipinski definition) is 1. The maximum Gasteiger partial charge on any atom is 0.244 e. The Bertz CT molecular complexity index is 475. The number of amides is 1. The molecule has 19 heavy (non-hydrogen) atoms. The van der Waals surface area contributed by atoms with E-state index in [1.165, 1.54) is 0 Å². The Balaban J connectivity index is 2.06. The minimum Gasteiger partial charge on any atom is -0.338 e. The third-order valence-electron chi connectivity index (χ3n) is 3.49. The monoisotopic (exact) mass is 284 g/mol. The normalized spacial score (nSPS) is 23.7. The average molecular weight is 285 g/mol. The van der Waals surface area contributed by atoms with Crippen molar-refractivity contribution in [2.45, 2.75) is 46.3 Å². The van der Waals surface area contributed by atoms with Crippen molar-refractivity contribution in [3.8, 4) is 0 Å². The molecule has 1 saturated heterocycles. The third-order valence-corrected chi connectivity index (χ3v) is 4.04. The summed E-state index contributed by atoms with van der Waals surface area (Å²) in [7, 11) is 0. The first-order valence-electron chi connectivity index (χ1n) is 6.61. The number of rotatable bonds is 2. The van der Waals surface area contributed by atoms with E-state index in [9.17, 15) is 4.79 Å². The standard InChI is InChI=1S/C13H21ClN4O/c1-8-5-17(6-9(2)15-8)12(19)7-18-11(4)13(14)10(3)16-18/h8-9,15H,5-7H2,1-4H3/t8-,9+. The molecule has 1 aromatic rings. The van der Waals surface area contributed by atoms with E-state index in [4.69, 9.17) is 11.6 Å². The second-order valence-electron chi connectivity index (χ2n) is 5.41. The molecule has 2 atom stereocenters. The first-order chi connectivity index (χ1) is 8.88. The molecule has 1 aromatic heterocycles. The lowest BCUT2D eigenvalue weighted by Gasteiger charge is -2.36. The molecule has 106 valence electrons. The van der Waals surface area contributed by atoms with Gasteiger partial charge in [-0.2, -0.15) is 5.10 Å². The van der Waals surface area contributed by atoms with Gasteiger partial charge in [0.25, 0.3) is 0 Å². The van der Waals surface area contributed by atoms with Crippen LogP contribution in [-0.2, 0) is 11.3 Å². The Morgan fingerprint density at radius 1 is 1.37 bits per heavy atom. The number of nitrogens with one attached hydrogen (secondary N) is 1. The summed E-state index contributed by atoms with van der Waals surface area (Å²) in [6, 6.07) is 0.661. The molecule has 2 rings (SSSR count). The number of halogens is 1. The molecule has 1 N–H and O–H groups in total. The fourth-order valence-corrected chi connectivity index (χ4v) is 2.72. The number of aryl methyl sites for hydroxylation is 1. The SMILES string of the molecule is Cc1nn(CC(=O)N2C[C@@H](C)N[C@@H](C)C2)c(C)c1Cl. The first kappa shape index (κ1) is 14.3. The van der Waals surface area contributed by atoms with Crippen LogP contribution < -0.4 is 5.32 Å². The molecule has 2 heterocycles. The van der Waals surface area contributed by atoms with Gasteiger partial charge in [-0.15, -0.1) is 0 Å². The lowest BCUT2D eigenvalue weighted by atomic mass is 10.1. The maximum atomic E-state index is 12.3. The third kappa shape index (κ3) is 3.09. The van der Waals surface area contributed by atoms with E-state index in [-0.39, 0.29) is 12.5 Å². The second-order valence-corrected chi connectivity index (χ2v) is 5.79. The van der Waals surface area contributed by atoms with E-state index in [0.717, 1.165) is 24.5 Å². The number of nitrogens with zero attached hydrogens (tertiary/aromatic N) is 3. The van der Waals surface area contributed by atoms with Crippen LogP contribution in [0.2, 0.25) is 5.02 Å². The van der Waals surface area contributed by atoms with E-state index >= 15 is 0 Å². The van der Waals surface area contributed by atoms with Crippen molar-refractivity contribution in [1.82, 2.24) is 20.0 Å². The predicted octanol–water partition coefficient (Wildman–Crippen LogP) is 1.36. The van der Waals surface area contributed by atoms with E-state index in [2.05, 4.69) is 24.3 Å². The Kier molecular flexibility index (Phi) is 4.16. The van der Waals surface area contributed by atoms with Crippen LogP contribution in [0.4, 0.5) is 0 Å². The van der Waals surface area contributed by atoms with E-state index in [0.29, 0.717) is 17.1 Å². The van der Waals surface area contributed by atoms with Crippen LogP contribution in [0.3, 0.4) is 0 Å². The van der Waals surface area contributed by atoms with Crippen molar-refractivity contribution >= 4 is 17.5 Å². The largest absolute Gasteiger partial charge is 0.338 e. The lowest BCUT2D eigenvalue weighted by Crippen LogP contribution is -2.56. The minimum atomic E-state index is 0.0995. The van der Waals surface area contributed by atoms with Gasteiger partial charge < -0.3 is 10.2 Å². The van der Waals surface area contributed by atoms with Gasteiger partial charge in [-0.25, -0.2) is 0 Å². The van der Waals surface area contributed by atoms with Crippen molar-refractivity contribution in [2.24, 2.45) is 0 Å². The van der Waals surface area contributed by atoms with Crippen LogP contribution in [0.1, 0.15) is 25.2 Å². The van der Waals surface area contributed by atoms with E-state index in [1.807, 2.05) is 18.7 Å². The van der Waals surface area contributed by atoms with E-state index in [1.54, 1.807) is 4.68 Å². The summed E-state index contributed by atoms with van der Waals surface area (Å²) in [6.45, 7) is 9.68. The molecule has 0 bridgehead atoms. The highest BCUT2D eigenvalue weighted by atomic mass is 35.5. The summed E-state index contributed by atoms with van der Waals surface area (Å²) in [5, 5.41) is 8.37. The Labute approximate surface area is 118 Å². The van der Waals surface area contributed by atoms with Gasteiger partial charge in [0, 0.05) is 25.2 Å². The zero-order valence-corrected chi connectivity index (χ0v) is 12.7. The highest BCUT2D eigenvalue weighted by Crippen LogP contribution is 2.19. The molecule has 5 nitrogen and oxygen atoms in total. The van der Waals surface area contributed by atoms with Crippen LogP contribution in [0.5, 0.6) is 0 Å². The molecule has 1 aliphatic rings. The number of carbonyl (C=O) groups excluding carboxylic acids is 1. The maximum absolute atomic E-state index is 12.3. The summed E-state index contributed by atoms with van der Waals surface area (Å²) in [6.07, 6.45) is 0. The number of piperazine rings is 1. The predicted molar refractivity (Wildman–Crippen MR) is 75.4 cm³/mol. The zero-order chi connectivity index (χ0) is 14.2. The van der Waals surface area contributed by atoms with Crippen molar-refractivity contribution in [3.63, 3.8) is 0 Å². The molecule has 6 heteroatoms. The smallest absolute Gasteiger partial charge is 0.244 e. The van der Waals surface area contributed by atoms with Gasteiger partial charge in [0.15, 0.2) is 0 Å². The van der Waals surface area contributed by atoms with Crippen molar-refractivity contribution in [2.75, 3.05) is 13.1 Å². The highest BCUT2D eigenvalue weighted by Gasteiger charge is 2.25. The Hall–Kier alpha value is -1.07. The van der Waals surface area contributed by atoms with Crippen LogP contribution >= 0.6 is 11.6 Å². The molecule has 1 fully saturated rings. The summed E-state index contributed by atoms with van der Waals surface area (Å²) >= 11 is 6.10. The number of hydrogen-bond acceptors (Lipinski definition) is 3. The fourth-order valence-electron chi connectivity index (χ4n) is 2.59. The number of aromatic nitrogens is 2. The molecule has 0 spiro atoms. The molecular formula is C13H21ClN4O. The average Bonchev–Trinajstić information content (AvgIpc) is 2.56. The van der Waals surface area contributed by atoms with Crippen molar-refractivity contribution < 1.29 is 4.79 Å². The zero-order valence-electron chi connectivity index (χ0n) is 11.9. The number of carbonyl (C=O) groups is 1. The van der Waals surface area contributed by atoms with Gasteiger partial charge in [0.2, 0.25) is 5.91 Å². The van der Waals surface area contributed by atoms with E-state index < -0.39 is 0 Å². The molecule has 1 aliphatic heterocycles. The second kappa shape index (κ2) is 5.51. The first-order valence-corrected chi connectivity index (χ1v) is 6.99. The van der Waals surface area contributed by atoms with Gasteiger partial charge in [-0.05, 0) is 27.7 Å². The van der Waals surface area contributed by atoms with Crippen LogP contribution in [0.25, 0.3) is 0 Å². The van der Waals surface area contributed by atoms with Crippen LogP contribution in [-0.4, -0.2) is 45.8 Å². The van der Waals surface area contributed by atoms with Gasteiger partial charge in [-0.3, -0.25) is 9.48 Å². The van der Waals surface area contributed by atoms with Gasteiger partial charge in [0.05, 0.1) is 16.4 Å². The summed E-state index contributed by atoms with van der Waals surface area (Å²) in [5.74, 6) is 0.0995. The van der Waals surface area contributed by atoms with Crippen LogP contribution in [0.15, 0.2) is 0 Å². The summed E-state index contributed by atoms with van der Waals surface area (Å²) in [4.78, 5) is 14.2. The molecular weight excluding hydrogens is 264 g/mol. The Morgan fingerprint density at radius 3 is 2.42 bits per heavy atom. The Morgan fingerprint density at radius 2 is 1.95 bits per heavy atom. The topological polar surface area (TPSA) is 50.2 Å². The van der Waals surface area contributed by atoms with Crippen LogP contribution in [0, 0.1) is 13.8 Å². The summed E-state index contributed by atoms with van der Waals surface area (Å²) < 4.78 is 1.69. The van der Waals surface area contributed by atoms with Gasteiger partial charge in [0.1, 0.15) is 6.54 Å². The molecule has 0 unspecified atom stereocenters. The van der Waals surface area contributed by atoms with Gasteiger partial charge >= 0.3 is 0 Å². The lowest BCUT2D eigenvalue weighted by molar-refractivity contribution is -0.133. The summed E-state index contributed by atoms with van der Waals surface area (Å²) in [5.41, 5.74) is 1.62. The molecule has 0 aliphatic carbocycles. The van der Waals surface area contributed by atoms with Crippen molar-refractivity contribution in [1.29, 1.82) is 0 Å². The fraction of sp³-hybridized carbons (Fsp3) is 0.692. The molecule has 0 saturated carbocycles. The molecule has 1 amide bonds. The molecule has 0 aromatic carbocycles. The quantitative estimate of drug-likeness (QED) is 0.892. The van der Waals surface area contributed by atoms with Gasteiger partial charge in [-0.1, -0.05) is 11.6 Å². The minimum absolute atomic E-state index is 0.0995. The molecule has 0 radical (unpaired) electrons. The van der Waals surface area contributed by atoms with Crippen molar-refractivity contribution in [3.05, 3.63) is 16.4 Å².